The van der Waals surface area contributed by atoms with Crippen molar-refractivity contribution in [1.82, 2.24) is 0 Å². The highest BCUT2D eigenvalue weighted by Crippen LogP contribution is 2.58. The van der Waals surface area contributed by atoms with Crippen LogP contribution in [0.15, 0.2) is 109 Å². The van der Waals surface area contributed by atoms with Gasteiger partial charge in [0.15, 0.2) is 0 Å². The molecule has 240 valence electrons. The average molecular weight is 629 g/mol. The SMILES string of the molecule is CCC(=O)C1C(C(=O)OCC(O)COc2ccc(C3(c4ccc(OC)cc4)c4ccccc4-c4ccccc43)cc2)C2C=CC1(C)C2. The number of esters is 1. The zero-order valence-corrected chi connectivity index (χ0v) is 27.0. The fourth-order valence-electron chi connectivity index (χ4n) is 8.40. The van der Waals surface area contributed by atoms with E-state index in [-0.39, 0.29) is 36.2 Å². The number of aliphatic hydroxyl groups excluding tert-OH is 1. The minimum atomic E-state index is -1.01. The van der Waals surface area contributed by atoms with Gasteiger partial charge in [-0.25, -0.2) is 0 Å². The number of rotatable bonds is 11. The second-order valence-electron chi connectivity index (χ2n) is 13.2. The second-order valence-corrected chi connectivity index (χ2v) is 13.2. The molecule has 0 heterocycles. The molecule has 47 heavy (non-hydrogen) atoms. The predicted octanol–water partition coefficient (Wildman–Crippen LogP) is 7.15. The van der Waals surface area contributed by atoms with Crippen LogP contribution >= 0.6 is 0 Å². The van der Waals surface area contributed by atoms with Crippen LogP contribution < -0.4 is 9.47 Å². The fraction of sp³-hybridized carbons (Fsp3) is 0.317. The lowest BCUT2D eigenvalue weighted by molar-refractivity contribution is -0.157. The first-order valence-corrected chi connectivity index (χ1v) is 16.4. The minimum Gasteiger partial charge on any atom is -0.497 e. The molecule has 5 atom stereocenters. The first-order valence-electron chi connectivity index (χ1n) is 16.4. The number of allylic oxidation sites excluding steroid dienone is 2. The summed E-state index contributed by atoms with van der Waals surface area (Å²) in [6.07, 6.45) is 4.28. The van der Waals surface area contributed by atoms with Gasteiger partial charge < -0.3 is 19.3 Å². The Hall–Kier alpha value is -4.68. The van der Waals surface area contributed by atoms with Crippen LogP contribution in [0.25, 0.3) is 11.1 Å². The van der Waals surface area contributed by atoms with Gasteiger partial charge in [-0.3, -0.25) is 9.59 Å². The number of ether oxygens (including phenoxy) is 3. The van der Waals surface area contributed by atoms with Gasteiger partial charge in [0.1, 0.15) is 36.6 Å². The molecule has 2 bridgehead atoms. The summed E-state index contributed by atoms with van der Waals surface area (Å²) in [6, 6.07) is 33.4. The summed E-state index contributed by atoms with van der Waals surface area (Å²) in [5, 5.41) is 10.7. The summed E-state index contributed by atoms with van der Waals surface area (Å²) in [5.41, 5.74) is 6.20. The van der Waals surface area contributed by atoms with E-state index in [9.17, 15) is 14.7 Å². The Labute approximate surface area is 276 Å². The maximum absolute atomic E-state index is 13.1. The van der Waals surface area contributed by atoms with Crippen molar-refractivity contribution in [1.29, 1.82) is 0 Å². The summed E-state index contributed by atoms with van der Waals surface area (Å²) >= 11 is 0. The third kappa shape index (κ3) is 5.06. The van der Waals surface area contributed by atoms with Crippen molar-refractivity contribution in [3.05, 3.63) is 131 Å². The molecule has 0 aromatic heterocycles. The number of hydrogen-bond donors (Lipinski definition) is 1. The van der Waals surface area contributed by atoms with Crippen LogP contribution in [0.4, 0.5) is 0 Å². The van der Waals surface area contributed by atoms with E-state index in [4.69, 9.17) is 14.2 Å². The van der Waals surface area contributed by atoms with E-state index in [1.165, 1.54) is 22.3 Å². The van der Waals surface area contributed by atoms with Crippen molar-refractivity contribution in [3.63, 3.8) is 0 Å². The van der Waals surface area contributed by atoms with Gasteiger partial charge in [0.25, 0.3) is 0 Å². The van der Waals surface area contributed by atoms with E-state index < -0.39 is 23.4 Å². The van der Waals surface area contributed by atoms with Crippen molar-refractivity contribution in [2.75, 3.05) is 20.3 Å². The maximum atomic E-state index is 13.1. The van der Waals surface area contributed by atoms with Crippen molar-refractivity contribution in [2.24, 2.45) is 23.2 Å². The molecule has 0 amide bonds. The highest BCUT2D eigenvalue weighted by molar-refractivity contribution is 5.89. The molecule has 3 aliphatic carbocycles. The highest BCUT2D eigenvalue weighted by Gasteiger charge is 2.57. The molecule has 0 spiro atoms. The second kappa shape index (κ2) is 12.2. The number of carbonyl (C=O) groups excluding carboxylic acids is 2. The molecule has 4 aromatic carbocycles. The number of ketones is 1. The Kier molecular flexibility index (Phi) is 8.01. The minimum absolute atomic E-state index is 0.0000797. The Balaban J connectivity index is 1.08. The van der Waals surface area contributed by atoms with Gasteiger partial charge in [0.05, 0.1) is 18.4 Å². The Morgan fingerprint density at radius 2 is 1.40 bits per heavy atom. The number of fused-ring (bicyclic) bond motifs is 5. The van der Waals surface area contributed by atoms with Gasteiger partial charge in [0.2, 0.25) is 0 Å². The van der Waals surface area contributed by atoms with Crippen LogP contribution in [-0.2, 0) is 19.7 Å². The Morgan fingerprint density at radius 3 is 1.98 bits per heavy atom. The van der Waals surface area contributed by atoms with Crippen molar-refractivity contribution in [3.8, 4) is 22.6 Å². The smallest absolute Gasteiger partial charge is 0.310 e. The number of methoxy groups -OCH3 is 1. The molecule has 4 aromatic rings. The number of hydrogen-bond acceptors (Lipinski definition) is 6. The predicted molar refractivity (Wildman–Crippen MR) is 180 cm³/mol. The van der Waals surface area contributed by atoms with Gasteiger partial charge in [-0.2, -0.15) is 0 Å². The first kappa shape index (κ1) is 30.9. The molecule has 1 saturated carbocycles. The molecule has 7 rings (SSSR count). The van der Waals surface area contributed by atoms with E-state index in [2.05, 4.69) is 78.9 Å². The van der Waals surface area contributed by atoms with E-state index in [1.807, 2.05) is 44.2 Å². The largest absolute Gasteiger partial charge is 0.497 e. The van der Waals surface area contributed by atoms with Crippen LogP contribution in [0.3, 0.4) is 0 Å². The third-order valence-electron chi connectivity index (χ3n) is 10.5. The normalized spacial score (nSPS) is 23.5. The van der Waals surface area contributed by atoms with E-state index in [0.29, 0.717) is 12.2 Å². The van der Waals surface area contributed by atoms with Crippen molar-refractivity contribution in [2.45, 2.75) is 38.2 Å². The highest BCUT2D eigenvalue weighted by atomic mass is 16.5. The van der Waals surface area contributed by atoms with Gasteiger partial charge in [0, 0.05) is 12.3 Å². The number of aliphatic hydroxyl groups is 1. The van der Waals surface area contributed by atoms with Gasteiger partial charge in [-0.1, -0.05) is 98.8 Å². The van der Waals surface area contributed by atoms with E-state index >= 15 is 0 Å². The quantitative estimate of drug-likeness (QED) is 0.124. The van der Waals surface area contributed by atoms with Crippen molar-refractivity contribution < 1.29 is 28.9 Å². The van der Waals surface area contributed by atoms with Gasteiger partial charge >= 0.3 is 5.97 Å². The molecule has 0 aliphatic heterocycles. The molecule has 5 unspecified atom stereocenters. The Morgan fingerprint density at radius 1 is 0.830 bits per heavy atom. The van der Waals surface area contributed by atoms with Crippen LogP contribution in [0.5, 0.6) is 11.5 Å². The Bertz CT molecular complexity index is 1780. The molecule has 0 saturated heterocycles. The summed E-state index contributed by atoms with van der Waals surface area (Å²) in [7, 11) is 1.67. The lowest BCUT2D eigenvalue weighted by Gasteiger charge is -2.34. The van der Waals surface area contributed by atoms with E-state index in [1.54, 1.807) is 7.11 Å². The summed E-state index contributed by atoms with van der Waals surface area (Å²) in [4.78, 5) is 25.9. The first-order chi connectivity index (χ1) is 22.8. The number of carbonyl (C=O) groups is 2. The molecule has 0 radical (unpaired) electrons. The standard InChI is InChI=1S/C41H40O6/c1-4-36(43)38-37(26-21-22-40(38,2)23-26)39(44)47-25-29(42)24-46-31-19-15-28(16-20-31)41(27-13-17-30(45-3)18-14-27)34-11-7-5-9-32(34)33-10-6-8-12-35(33)41/h5-22,26,29,37-38,42H,4,23-25H2,1-3H3. The molecule has 1 N–H and O–H groups in total. The topological polar surface area (TPSA) is 82.1 Å². The monoisotopic (exact) mass is 628 g/mol. The summed E-state index contributed by atoms with van der Waals surface area (Å²) in [5.74, 6) is 0.200. The molecule has 6 nitrogen and oxygen atoms in total. The maximum Gasteiger partial charge on any atom is 0.310 e. The van der Waals surface area contributed by atoms with Crippen LogP contribution in [0.1, 0.15) is 48.9 Å². The molecule has 1 fully saturated rings. The molecular formula is C41H40O6. The number of benzene rings is 4. The lowest BCUT2D eigenvalue weighted by Crippen LogP contribution is -2.39. The van der Waals surface area contributed by atoms with Crippen LogP contribution in [0, 0.1) is 23.2 Å². The van der Waals surface area contributed by atoms with E-state index in [0.717, 1.165) is 23.3 Å². The lowest BCUT2D eigenvalue weighted by atomic mass is 9.68. The van der Waals surface area contributed by atoms with Gasteiger partial charge in [-0.15, -0.1) is 0 Å². The summed E-state index contributed by atoms with van der Waals surface area (Å²) < 4.78 is 17.0. The van der Waals surface area contributed by atoms with Crippen molar-refractivity contribution >= 4 is 11.8 Å². The average Bonchev–Trinajstić information content (AvgIpc) is 3.75. The number of Topliss-reactive ketones (excluding diaryl/α,β-unsaturated/α-hetero) is 1. The van der Waals surface area contributed by atoms with Gasteiger partial charge in [-0.05, 0) is 75.4 Å². The zero-order chi connectivity index (χ0) is 32.8. The van der Waals surface area contributed by atoms with Crippen LogP contribution in [0.2, 0.25) is 0 Å². The molecule has 6 heteroatoms. The molecular weight excluding hydrogens is 588 g/mol. The summed E-state index contributed by atoms with van der Waals surface area (Å²) in [6.45, 7) is 3.65. The third-order valence-corrected chi connectivity index (χ3v) is 10.5. The fourth-order valence-corrected chi connectivity index (χ4v) is 8.40. The molecule has 3 aliphatic rings. The zero-order valence-electron chi connectivity index (χ0n) is 27.0. The van der Waals surface area contributed by atoms with Crippen LogP contribution in [-0.4, -0.2) is 43.3 Å².